The molecule has 1 heterocycles. The Morgan fingerprint density at radius 1 is 1.64 bits per heavy atom. The Bertz CT molecular complexity index is 270. The van der Waals surface area contributed by atoms with Crippen LogP contribution in [0.3, 0.4) is 0 Å². The van der Waals surface area contributed by atoms with Crippen LogP contribution in [0.4, 0.5) is 0 Å². The molecule has 0 spiro atoms. The van der Waals surface area contributed by atoms with Gasteiger partial charge in [0.1, 0.15) is 0 Å². The number of rotatable bonds is 5. The number of carbonyl (C=O) groups is 1. The second-order valence-electron chi connectivity index (χ2n) is 3.10. The predicted molar refractivity (Wildman–Crippen MR) is 53.8 cm³/mol. The topological polar surface area (TPSA) is 59.0 Å². The maximum Gasteiger partial charge on any atom is 0.236 e. The number of amides is 1. The lowest BCUT2D eigenvalue weighted by Crippen LogP contribution is -2.41. The normalized spacial score (nSPS) is 12.4. The van der Waals surface area contributed by atoms with Crippen molar-refractivity contribution < 1.29 is 4.79 Å². The van der Waals surface area contributed by atoms with Gasteiger partial charge in [0.15, 0.2) is 0 Å². The van der Waals surface area contributed by atoms with E-state index in [1.165, 1.54) is 0 Å². The van der Waals surface area contributed by atoms with Crippen molar-refractivity contribution >= 4 is 5.91 Å². The number of likely N-dealkylation sites (N-methyl/N-ethyl adjacent to an activating group) is 1. The van der Waals surface area contributed by atoms with Crippen LogP contribution in [0.15, 0.2) is 18.7 Å². The number of carbonyl (C=O) groups excluding carboxylic acids is 1. The summed E-state index contributed by atoms with van der Waals surface area (Å²) in [6.07, 6.45) is 5.32. The van der Waals surface area contributed by atoms with E-state index in [2.05, 4.69) is 15.6 Å². The van der Waals surface area contributed by atoms with Crippen molar-refractivity contribution in [2.45, 2.75) is 19.5 Å². The molecule has 1 rings (SSSR count). The van der Waals surface area contributed by atoms with E-state index in [9.17, 15) is 4.79 Å². The van der Waals surface area contributed by atoms with Crippen molar-refractivity contribution in [3.05, 3.63) is 18.7 Å². The number of aromatic nitrogens is 2. The zero-order valence-electron chi connectivity index (χ0n) is 8.53. The van der Waals surface area contributed by atoms with Crippen molar-refractivity contribution in [1.29, 1.82) is 0 Å². The summed E-state index contributed by atoms with van der Waals surface area (Å²) in [5, 5.41) is 5.70. The molecular weight excluding hydrogens is 180 g/mol. The third kappa shape index (κ3) is 3.18. The van der Waals surface area contributed by atoms with Gasteiger partial charge < -0.3 is 15.2 Å². The van der Waals surface area contributed by atoms with E-state index in [-0.39, 0.29) is 11.9 Å². The fraction of sp³-hybridized carbons (Fsp3) is 0.556. The zero-order chi connectivity index (χ0) is 10.4. The molecule has 0 saturated heterocycles. The Morgan fingerprint density at radius 2 is 2.43 bits per heavy atom. The summed E-state index contributed by atoms with van der Waals surface area (Å²) in [5.41, 5.74) is 0. The highest BCUT2D eigenvalue weighted by Crippen LogP contribution is 1.84. The maximum atomic E-state index is 11.3. The summed E-state index contributed by atoms with van der Waals surface area (Å²) < 4.78 is 1.92. The molecule has 5 heteroatoms. The van der Waals surface area contributed by atoms with Gasteiger partial charge in [-0.15, -0.1) is 0 Å². The average molecular weight is 196 g/mol. The van der Waals surface area contributed by atoms with Crippen molar-refractivity contribution in [3.63, 3.8) is 0 Å². The lowest BCUT2D eigenvalue weighted by molar-refractivity contribution is -0.122. The molecule has 1 amide bonds. The molecule has 0 aliphatic rings. The first kappa shape index (κ1) is 10.7. The molecule has 1 aromatic rings. The van der Waals surface area contributed by atoms with Crippen LogP contribution in [0.25, 0.3) is 0 Å². The summed E-state index contributed by atoms with van der Waals surface area (Å²) in [4.78, 5) is 15.2. The first-order valence-corrected chi connectivity index (χ1v) is 4.64. The van der Waals surface area contributed by atoms with Gasteiger partial charge in [0.05, 0.1) is 12.4 Å². The van der Waals surface area contributed by atoms with Gasteiger partial charge in [0.2, 0.25) is 5.91 Å². The highest BCUT2D eigenvalue weighted by atomic mass is 16.2. The van der Waals surface area contributed by atoms with Gasteiger partial charge >= 0.3 is 0 Å². The molecule has 0 radical (unpaired) electrons. The fourth-order valence-corrected chi connectivity index (χ4v) is 1.01. The lowest BCUT2D eigenvalue weighted by Gasteiger charge is -2.10. The Hall–Kier alpha value is -1.36. The predicted octanol–water partition coefficient (Wildman–Crippen LogP) is -0.393. The third-order valence-electron chi connectivity index (χ3n) is 2.05. The second kappa shape index (κ2) is 5.39. The first-order valence-electron chi connectivity index (χ1n) is 4.64. The van der Waals surface area contributed by atoms with Crippen LogP contribution in [-0.2, 0) is 11.3 Å². The molecule has 0 aliphatic heterocycles. The molecule has 1 aromatic heterocycles. The van der Waals surface area contributed by atoms with Crippen LogP contribution in [-0.4, -0.2) is 35.1 Å². The summed E-state index contributed by atoms with van der Waals surface area (Å²) in [7, 11) is 1.76. The van der Waals surface area contributed by atoms with Crippen LogP contribution in [0.5, 0.6) is 0 Å². The van der Waals surface area contributed by atoms with E-state index in [1.807, 2.05) is 17.7 Å². The highest BCUT2D eigenvalue weighted by molar-refractivity contribution is 5.81. The Kier molecular flexibility index (Phi) is 4.12. The average Bonchev–Trinajstić information content (AvgIpc) is 2.69. The molecule has 1 atom stereocenters. The molecule has 0 fully saturated rings. The van der Waals surface area contributed by atoms with Crippen LogP contribution in [0.1, 0.15) is 6.92 Å². The molecule has 14 heavy (non-hydrogen) atoms. The Labute approximate surface area is 83.5 Å². The van der Waals surface area contributed by atoms with E-state index in [1.54, 1.807) is 19.6 Å². The molecule has 78 valence electrons. The maximum absolute atomic E-state index is 11.3. The van der Waals surface area contributed by atoms with Gasteiger partial charge in [-0.2, -0.15) is 0 Å². The second-order valence-corrected chi connectivity index (χ2v) is 3.10. The van der Waals surface area contributed by atoms with Crippen molar-refractivity contribution in [2.75, 3.05) is 13.6 Å². The van der Waals surface area contributed by atoms with Crippen molar-refractivity contribution in [1.82, 2.24) is 20.2 Å². The standard InChI is InChI=1S/C9H16N4O/c1-8(10-2)9(14)12-4-6-13-5-3-11-7-13/h3,5,7-8,10H,4,6H2,1-2H3,(H,12,14). The summed E-state index contributed by atoms with van der Waals surface area (Å²) in [5.74, 6) is 0.0209. The van der Waals surface area contributed by atoms with Gasteiger partial charge in [0.25, 0.3) is 0 Å². The molecule has 0 aliphatic carbocycles. The fourth-order valence-electron chi connectivity index (χ4n) is 1.01. The number of hydrogen-bond donors (Lipinski definition) is 2. The first-order chi connectivity index (χ1) is 6.74. The smallest absolute Gasteiger partial charge is 0.236 e. The minimum atomic E-state index is -0.141. The molecular formula is C9H16N4O. The van der Waals surface area contributed by atoms with E-state index in [0.29, 0.717) is 6.54 Å². The highest BCUT2D eigenvalue weighted by Gasteiger charge is 2.08. The van der Waals surface area contributed by atoms with E-state index < -0.39 is 0 Å². The van der Waals surface area contributed by atoms with Crippen LogP contribution < -0.4 is 10.6 Å². The molecule has 0 aromatic carbocycles. The number of nitrogens with zero attached hydrogens (tertiary/aromatic N) is 2. The number of imidazole rings is 1. The van der Waals surface area contributed by atoms with Crippen LogP contribution in [0, 0.1) is 0 Å². The minimum Gasteiger partial charge on any atom is -0.353 e. The van der Waals surface area contributed by atoms with Gasteiger partial charge in [0, 0.05) is 25.5 Å². The van der Waals surface area contributed by atoms with Crippen molar-refractivity contribution in [2.24, 2.45) is 0 Å². The Balaban J connectivity index is 2.18. The van der Waals surface area contributed by atoms with Crippen molar-refractivity contribution in [3.8, 4) is 0 Å². The number of hydrogen-bond acceptors (Lipinski definition) is 3. The van der Waals surface area contributed by atoms with Gasteiger partial charge in [-0.1, -0.05) is 0 Å². The molecule has 5 nitrogen and oxygen atoms in total. The summed E-state index contributed by atoms with van der Waals surface area (Å²) in [6.45, 7) is 3.20. The van der Waals surface area contributed by atoms with E-state index >= 15 is 0 Å². The van der Waals surface area contributed by atoms with Gasteiger partial charge in [-0.3, -0.25) is 4.79 Å². The van der Waals surface area contributed by atoms with Crippen LogP contribution >= 0.6 is 0 Å². The monoisotopic (exact) mass is 196 g/mol. The quantitative estimate of drug-likeness (QED) is 0.674. The van der Waals surface area contributed by atoms with Gasteiger partial charge in [-0.05, 0) is 14.0 Å². The van der Waals surface area contributed by atoms with Gasteiger partial charge in [-0.25, -0.2) is 4.98 Å². The summed E-state index contributed by atoms with van der Waals surface area (Å²) in [6, 6.07) is -0.141. The SMILES string of the molecule is CNC(C)C(=O)NCCn1ccnc1. The zero-order valence-corrected chi connectivity index (χ0v) is 8.53. The molecule has 1 unspecified atom stereocenters. The van der Waals surface area contributed by atoms with E-state index in [0.717, 1.165) is 6.54 Å². The third-order valence-corrected chi connectivity index (χ3v) is 2.05. The minimum absolute atomic E-state index is 0.0209. The largest absolute Gasteiger partial charge is 0.353 e. The van der Waals surface area contributed by atoms with E-state index in [4.69, 9.17) is 0 Å². The lowest BCUT2D eigenvalue weighted by atomic mass is 10.3. The Morgan fingerprint density at radius 3 is 3.00 bits per heavy atom. The van der Waals surface area contributed by atoms with Crippen LogP contribution in [0.2, 0.25) is 0 Å². The number of nitrogens with one attached hydrogen (secondary N) is 2. The summed E-state index contributed by atoms with van der Waals surface area (Å²) >= 11 is 0. The molecule has 0 bridgehead atoms. The molecule has 2 N–H and O–H groups in total. The molecule has 0 saturated carbocycles.